The lowest BCUT2D eigenvalue weighted by atomic mass is 10.1. The normalized spacial score (nSPS) is 14.4. The summed E-state index contributed by atoms with van der Waals surface area (Å²) in [4.78, 5) is 28.9. The first-order chi connectivity index (χ1) is 20.0. The number of carbonyl (C=O) groups excluding carboxylic acids is 2. The first-order valence-electron chi connectivity index (χ1n) is 13.6. The van der Waals surface area contributed by atoms with Gasteiger partial charge in [-0.3, -0.25) is 13.9 Å². The molecule has 1 N–H and O–H groups in total. The average molecular weight is 655 g/mol. The smallest absolute Gasteiger partial charge is 0.264 e. The molecule has 2 amide bonds. The maximum absolute atomic E-state index is 14.1. The van der Waals surface area contributed by atoms with Crippen molar-refractivity contribution in [2.75, 3.05) is 10.8 Å². The van der Waals surface area contributed by atoms with Crippen molar-refractivity contribution in [1.29, 1.82) is 0 Å². The number of anilines is 1. The summed E-state index contributed by atoms with van der Waals surface area (Å²) in [6, 6.07) is 14.9. The predicted molar refractivity (Wildman–Crippen MR) is 164 cm³/mol. The Balaban J connectivity index is 1.74. The predicted octanol–water partition coefficient (Wildman–Crippen LogP) is 6.85. The first kappa shape index (κ1) is 32.1. The van der Waals surface area contributed by atoms with Crippen molar-refractivity contribution in [3.8, 4) is 0 Å². The van der Waals surface area contributed by atoms with Crippen LogP contribution in [0.5, 0.6) is 0 Å². The first-order valence-corrected chi connectivity index (χ1v) is 16.1. The summed E-state index contributed by atoms with van der Waals surface area (Å²) in [6.07, 6.45) is 4.00. The Morgan fingerprint density at radius 2 is 1.67 bits per heavy atom. The number of amides is 2. The zero-order chi connectivity index (χ0) is 30.4. The van der Waals surface area contributed by atoms with Gasteiger partial charge >= 0.3 is 0 Å². The number of hydrogen-bond donors (Lipinski definition) is 1. The standard InChI is InChI=1S/C30H31Cl3FN3O4S/c1-2-28(30(39)35-22-8-6-7-9-22)36(18-20-12-13-21(31)16-25(20)32)29(38)19-37(23-14-15-27(34)26(33)17-23)42(40,41)24-10-4-3-5-11-24/h3-5,10-17,22,28H,2,6-9,18-19H2,1H3,(H,35,39). The third kappa shape index (κ3) is 7.56. The summed E-state index contributed by atoms with van der Waals surface area (Å²) in [5, 5.41) is 3.45. The van der Waals surface area contributed by atoms with Crippen LogP contribution >= 0.6 is 34.8 Å². The van der Waals surface area contributed by atoms with Gasteiger partial charge < -0.3 is 10.2 Å². The quantitative estimate of drug-likeness (QED) is 0.245. The Hall–Kier alpha value is -2.85. The van der Waals surface area contributed by atoms with Gasteiger partial charge in [0.05, 0.1) is 15.6 Å². The monoisotopic (exact) mass is 653 g/mol. The number of benzene rings is 3. The maximum atomic E-state index is 14.1. The lowest BCUT2D eigenvalue weighted by Crippen LogP contribution is -2.53. The van der Waals surface area contributed by atoms with Gasteiger partial charge in [-0.2, -0.15) is 0 Å². The van der Waals surface area contributed by atoms with Crippen LogP contribution in [0.2, 0.25) is 15.1 Å². The second-order valence-electron chi connectivity index (χ2n) is 10.1. The number of sulfonamides is 1. The molecule has 1 unspecified atom stereocenters. The van der Waals surface area contributed by atoms with E-state index < -0.39 is 34.3 Å². The highest BCUT2D eigenvalue weighted by Crippen LogP contribution is 2.29. The summed E-state index contributed by atoms with van der Waals surface area (Å²) in [6.45, 7) is 1.02. The lowest BCUT2D eigenvalue weighted by Gasteiger charge is -2.34. The van der Waals surface area contributed by atoms with Gasteiger partial charge in [0.2, 0.25) is 11.8 Å². The summed E-state index contributed by atoms with van der Waals surface area (Å²) >= 11 is 18.5. The van der Waals surface area contributed by atoms with Crippen LogP contribution in [0.4, 0.5) is 10.1 Å². The van der Waals surface area contributed by atoms with E-state index in [-0.39, 0.29) is 40.5 Å². The highest BCUT2D eigenvalue weighted by Gasteiger charge is 2.35. The maximum Gasteiger partial charge on any atom is 0.264 e. The fraction of sp³-hybridized carbons (Fsp3) is 0.333. The molecule has 0 radical (unpaired) electrons. The zero-order valence-corrected chi connectivity index (χ0v) is 26.0. The molecular weight excluding hydrogens is 624 g/mol. The Labute approximate surface area is 260 Å². The number of halogens is 4. The topological polar surface area (TPSA) is 86.8 Å². The largest absolute Gasteiger partial charge is 0.352 e. The molecule has 0 bridgehead atoms. The van der Waals surface area contributed by atoms with Gasteiger partial charge in [0.1, 0.15) is 18.4 Å². The molecular formula is C30H31Cl3FN3O4S. The molecule has 0 aliphatic heterocycles. The number of rotatable bonds is 11. The van der Waals surface area contributed by atoms with Crippen molar-refractivity contribution in [3.05, 3.63) is 93.2 Å². The molecule has 0 aromatic heterocycles. The van der Waals surface area contributed by atoms with E-state index in [1.807, 2.05) is 0 Å². The van der Waals surface area contributed by atoms with Crippen molar-refractivity contribution in [3.63, 3.8) is 0 Å². The molecule has 7 nitrogen and oxygen atoms in total. The minimum Gasteiger partial charge on any atom is -0.352 e. The van der Waals surface area contributed by atoms with E-state index in [0.717, 1.165) is 42.1 Å². The minimum absolute atomic E-state index is 0.00784. The van der Waals surface area contributed by atoms with Gasteiger partial charge in [-0.1, -0.05) is 78.8 Å². The molecule has 224 valence electrons. The number of hydrogen-bond acceptors (Lipinski definition) is 4. The van der Waals surface area contributed by atoms with E-state index in [9.17, 15) is 22.4 Å². The Morgan fingerprint density at radius 3 is 2.29 bits per heavy atom. The van der Waals surface area contributed by atoms with Crippen molar-refractivity contribution in [2.45, 2.75) is 62.6 Å². The highest BCUT2D eigenvalue weighted by molar-refractivity contribution is 7.92. The van der Waals surface area contributed by atoms with E-state index in [4.69, 9.17) is 34.8 Å². The average Bonchev–Trinajstić information content (AvgIpc) is 3.47. The summed E-state index contributed by atoms with van der Waals surface area (Å²) < 4.78 is 42.6. The molecule has 3 aromatic carbocycles. The van der Waals surface area contributed by atoms with Gasteiger partial charge in [0, 0.05) is 22.6 Å². The second-order valence-corrected chi connectivity index (χ2v) is 13.2. The molecule has 3 aromatic rings. The van der Waals surface area contributed by atoms with Crippen LogP contribution in [0.15, 0.2) is 71.6 Å². The molecule has 1 saturated carbocycles. The van der Waals surface area contributed by atoms with Crippen LogP contribution in [-0.2, 0) is 26.2 Å². The molecule has 1 aliphatic carbocycles. The molecule has 1 aliphatic rings. The van der Waals surface area contributed by atoms with Gasteiger partial charge in [0.25, 0.3) is 10.0 Å². The van der Waals surface area contributed by atoms with Crippen molar-refractivity contribution in [1.82, 2.24) is 10.2 Å². The van der Waals surface area contributed by atoms with Gasteiger partial charge in [-0.25, -0.2) is 12.8 Å². The number of carbonyl (C=O) groups is 2. The third-order valence-corrected chi connectivity index (χ3v) is 9.91. The van der Waals surface area contributed by atoms with Crippen LogP contribution in [0.3, 0.4) is 0 Å². The zero-order valence-electron chi connectivity index (χ0n) is 22.9. The van der Waals surface area contributed by atoms with Crippen molar-refractivity contribution in [2.24, 2.45) is 0 Å². The van der Waals surface area contributed by atoms with Crippen LogP contribution in [0, 0.1) is 5.82 Å². The van der Waals surface area contributed by atoms with Crippen LogP contribution in [0.25, 0.3) is 0 Å². The van der Waals surface area contributed by atoms with E-state index in [1.54, 1.807) is 37.3 Å². The van der Waals surface area contributed by atoms with Crippen LogP contribution < -0.4 is 9.62 Å². The molecule has 42 heavy (non-hydrogen) atoms. The molecule has 4 rings (SSSR count). The van der Waals surface area contributed by atoms with Gasteiger partial charge in [0.15, 0.2) is 0 Å². The molecule has 1 fully saturated rings. The molecule has 12 heteroatoms. The lowest BCUT2D eigenvalue weighted by molar-refractivity contribution is -0.140. The SMILES string of the molecule is CCC(C(=O)NC1CCCC1)N(Cc1ccc(Cl)cc1Cl)C(=O)CN(c1ccc(F)c(Cl)c1)S(=O)(=O)c1ccccc1. The Kier molecular flexibility index (Phi) is 10.8. The van der Waals surface area contributed by atoms with E-state index >= 15 is 0 Å². The Morgan fingerprint density at radius 1 is 0.976 bits per heavy atom. The number of nitrogens with one attached hydrogen (secondary N) is 1. The summed E-state index contributed by atoms with van der Waals surface area (Å²) in [5.74, 6) is -1.73. The molecule has 1 atom stereocenters. The highest BCUT2D eigenvalue weighted by atomic mass is 35.5. The number of nitrogens with zero attached hydrogens (tertiary/aromatic N) is 2. The fourth-order valence-electron chi connectivity index (χ4n) is 5.01. The molecule has 0 heterocycles. The Bertz CT molecular complexity index is 1540. The van der Waals surface area contributed by atoms with Gasteiger partial charge in [-0.05, 0) is 67.3 Å². The van der Waals surface area contributed by atoms with Crippen LogP contribution in [-0.4, -0.2) is 43.8 Å². The molecule has 0 saturated heterocycles. The second kappa shape index (κ2) is 14.1. The summed E-state index contributed by atoms with van der Waals surface area (Å²) in [7, 11) is -4.31. The van der Waals surface area contributed by atoms with E-state index in [2.05, 4.69) is 5.32 Å². The van der Waals surface area contributed by atoms with Gasteiger partial charge in [-0.15, -0.1) is 0 Å². The van der Waals surface area contributed by atoms with Crippen LogP contribution in [0.1, 0.15) is 44.6 Å². The van der Waals surface area contributed by atoms with Crippen molar-refractivity contribution >= 4 is 62.3 Å². The minimum atomic E-state index is -4.31. The van der Waals surface area contributed by atoms with E-state index in [0.29, 0.717) is 15.6 Å². The fourth-order valence-corrected chi connectivity index (χ4v) is 7.08. The van der Waals surface area contributed by atoms with Crippen molar-refractivity contribution < 1.29 is 22.4 Å². The summed E-state index contributed by atoms with van der Waals surface area (Å²) in [5.41, 5.74) is 0.523. The third-order valence-electron chi connectivity index (χ3n) is 7.24. The van der Waals surface area contributed by atoms with E-state index in [1.165, 1.54) is 29.2 Å². The molecule has 0 spiro atoms.